The number of rotatable bonds is 4. The molecule has 0 saturated carbocycles. The minimum atomic E-state index is -0.310. The standard InChI is InChI=1S/C23H26FN7O/c1-14(32)27-13-30-10-6-16(7-11-30)23-28-19(21-22(25)26-8-12-31(21)23)17-4-3-15-5-9-29(2)20(15)18(17)24/h3-5,8-9,12,16H,6-7,10-11,13H2,1-2H3,(H2,25,26)(H,27,32). The Kier molecular flexibility index (Phi) is 5.05. The molecule has 3 N–H and O–H groups in total. The van der Waals surface area contributed by atoms with Crippen LogP contribution in [-0.2, 0) is 11.8 Å². The molecule has 0 radical (unpaired) electrons. The lowest BCUT2D eigenvalue weighted by molar-refractivity contribution is -0.119. The van der Waals surface area contributed by atoms with Crippen LogP contribution >= 0.6 is 0 Å². The Morgan fingerprint density at radius 1 is 1.22 bits per heavy atom. The van der Waals surface area contributed by atoms with Crippen LogP contribution in [0.2, 0.25) is 0 Å². The highest BCUT2D eigenvalue weighted by Crippen LogP contribution is 2.36. The van der Waals surface area contributed by atoms with Gasteiger partial charge in [-0.2, -0.15) is 0 Å². The predicted octanol–water partition coefficient (Wildman–Crippen LogP) is 2.88. The third-order valence-corrected chi connectivity index (χ3v) is 6.35. The van der Waals surface area contributed by atoms with Crippen molar-refractivity contribution >= 4 is 28.1 Å². The molecule has 0 atom stereocenters. The van der Waals surface area contributed by atoms with Crippen molar-refractivity contribution in [3.05, 3.63) is 48.4 Å². The fourth-order valence-corrected chi connectivity index (χ4v) is 4.66. The summed E-state index contributed by atoms with van der Waals surface area (Å²) >= 11 is 0. The van der Waals surface area contributed by atoms with E-state index in [2.05, 4.69) is 15.2 Å². The number of anilines is 1. The molecule has 0 bridgehead atoms. The molecule has 0 spiro atoms. The van der Waals surface area contributed by atoms with Crippen molar-refractivity contribution < 1.29 is 9.18 Å². The average Bonchev–Trinajstić information content (AvgIpc) is 3.35. The fourth-order valence-electron chi connectivity index (χ4n) is 4.66. The molecule has 8 nitrogen and oxygen atoms in total. The van der Waals surface area contributed by atoms with Crippen LogP contribution in [0.5, 0.6) is 0 Å². The van der Waals surface area contributed by atoms with E-state index in [1.807, 2.05) is 36.0 Å². The zero-order chi connectivity index (χ0) is 22.4. The maximum Gasteiger partial charge on any atom is 0.217 e. The van der Waals surface area contributed by atoms with Gasteiger partial charge in [0.05, 0.1) is 12.2 Å². The summed E-state index contributed by atoms with van der Waals surface area (Å²) < 4.78 is 19.3. The number of nitrogens with zero attached hydrogens (tertiary/aromatic N) is 5. The molecular formula is C23H26FN7O. The van der Waals surface area contributed by atoms with Crippen LogP contribution in [0.4, 0.5) is 10.2 Å². The predicted molar refractivity (Wildman–Crippen MR) is 122 cm³/mol. The highest BCUT2D eigenvalue weighted by molar-refractivity contribution is 5.91. The number of piperidine rings is 1. The lowest BCUT2D eigenvalue weighted by atomic mass is 9.96. The number of imidazole rings is 1. The molecule has 1 aliphatic rings. The van der Waals surface area contributed by atoms with E-state index < -0.39 is 0 Å². The van der Waals surface area contributed by atoms with Gasteiger partial charge in [-0.1, -0.05) is 6.07 Å². The number of carbonyl (C=O) groups excluding carboxylic acids is 1. The maximum absolute atomic E-state index is 15.6. The number of amides is 1. The van der Waals surface area contributed by atoms with Gasteiger partial charge in [0.2, 0.25) is 5.91 Å². The van der Waals surface area contributed by atoms with E-state index in [1.165, 1.54) is 6.92 Å². The zero-order valence-electron chi connectivity index (χ0n) is 18.2. The van der Waals surface area contributed by atoms with Gasteiger partial charge in [0.1, 0.15) is 22.9 Å². The molecule has 0 aliphatic carbocycles. The molecule has 1 saturated heterocycles. The smallest absolute Gasteiger partial charge is 0.217 e. The molecular weight excluding hydrogens is 409 g/mol. The minimum Gasteiger partial charge on any atom is -0.382 e. The SMILES string of the molecule is CC(=O)NCN1CCC(c2nc(-c3ccc4ccn(C)c4c3F)c3c(N)nccn23)CC1. The second-order valence-corrected chi connectivity index (χ2v) is 8.42. The van der Waals surface area contributed by atoms with Crippen molar-refractivity contribution in [3.8, 4) is 11.3 Å². The topological polar surface area (TPSA) is 93.5 Å². The summed E-state index contributed by atoms with van der Waals surface area (Å²) in [7, 11) is 1.83. The van der Waals surface area contributed by atoms with E-state index in [9.17, 15) is 4.79 Å². The quantitative estimate of drug-likeness (QED) is 0.514. The molecule has 9 heteroatoms. The number of halogens is 1. The second-order valence-electron chi connectivity index (χ2n) is 8.42. The number of benzene rings is 1. The molecule has 32 heavy (non-hydrogen) atoms. The van der Waals surface area contributed by atoms with Crippen LogP contribution in [-0.4, -0.2) is 49.5 Å². The molecule has 0 unspecified atom stereocenters. The van der Waals surface area contributed by atoms with E-state index in [0.29, 0.717) is 34.8 Å². The summed E-state index contributed by atoms with van der Waals surface area (Å²) in [5.74, 6) is 1.06. The number of hydrogen-bond donors (Lipinski definition) is 2. The number of hydrogen-bond acceptors (Lipinski definition) is 5. The van der Waals surface area contributed by atoms with Crippen LogP contribution in [0.25, 0.3) is 27.7 Å². The first-order chi connectivity index (χ1) is 15.4. The molecule has 1 amide bonds. The summed E-state index contributed by atoms with van der Waals surface area (Å²) in [6, 6.07) is 5.57. The number of carbonyl (C=O) groups is 1. The van der Waals surface area contributed by atoms with Gasteiger partial charge in [0.25, 0.3) is 0 Å². The largest absolute Gasteiger partial charge is 0.382 e. The maximum atomic E-state index is 15.6. The first-order valence-corrected chi connectivity index (χ1v) is 10.8. The van der Waals surface area contributed by atoms with Crippen molar-refractivity contribution in [2.45, 2.75) is 25.7 Å². The summed E-state index contributed by atoms with van der Waals surface area (Å²) in [5.41, 5.74) is 8.37. The van der Waals surface area contributed by atoms with Crippen molar-refractivity contribution in [3.63, 3.8) is 0 Å². The van der Waals surface area contributed by atoms with Gasteiger partial charge in [-0.15, -0.1) is 0 Å². The lowest BCUT2D eigenvalue weighted by Crippen LogP contribution is -2.41. The molecule has 4 aromatic rings. The van der Waals surface area contributed by atoms with Crippen molar-refractivity contribution in [1.29, 1.82) is 0 Å². The van der Waals surface area contributed by atoms with Crippen molar-refractivity contribution in [2.24, 2.45) is 7.05 Å². The Hall–Kier alpha value is -3.46. The molecule has 5 rings (SSSR count). The van der Waals surface area contributed by atoms with Gasteiger partial charge >= 0.3 is 0 Å². The minimum absolute atomic E-state index is 0.0313. The number of aromatic nitrogens is 4. The number of nitrogen functional groups attached to an aromatic ring is 1. The molecule has 1 aliphatic heterocycles. The van der Waals surface area contributed by atoms with Gasteiger partial charge in [0.15, 0.2) is 5.82 Å². The van der Waals surface area contributed by atoms with Gasteiger partial charge in [0, 0.05) is 62.5 Å². The molecule has 1 fully saturated rings. The average molecular weight is 436 g/mol. The highest BCUT2D eigenvalue weighted by atomic mass is 19.1. The third kappa shape index (κ3) is 3.38. The van der Waals surface area contributed by atoms with Crippen molar-refractivity contribution in [2.75, 3.05) is 25.5 Å². The molecule has 1 aromatic carbocycles. The summed E-state index contributed by atoms with van der Waals surface area (Å²) in [6.07, 6.45) is 7.12. The summed E-state index contributed by atoms with van der Waals surface area (Å²) in [4.78, 5) is 22.6. The van der Waals surface area contributed by atoms with Crippen LogP contribution in [0.3, 0.4) is 0 Å². The Labute approximate surface area is 184 Å². The molecule has 4 heterocycles. The Morgan fingerprint density at radius 2 is 2.00 bits per heavy atom. The van der Waals surface area contributed by atoms with E-state index >= 15 is 4.39 Å². The van der Waals surface area contributed by atoms with Gasteiger partial charge in [-0.05, 0) is 25.0 Å². The Morgan fingerprint density at radius 3 is 2.75 bits per heavy atom. The Balaban J connectivity index is 1.55. The van der Waals surface area contributed by atoms with Crippen molar-refractivity contribution in [1.82, 2.24) is 29.2 Å². The monoisotopic (exact) mass is 435 g/mol. The highest BCUT2D eigenvalue weighted by Gasteiger charge is 2.27. The lowest BCUT2D eigenvalue weighted by Gasteiger charge is -2.31. The number of aryl methyl sites for hydroxylation is 1. The summed E-state index contributed by atoms with van der Waals surface area (Å²) in [6.45, 7) is 3.77. The van der Waals surface area contributed by atoms with E-state index in [-0.39, 0.29) is 17.6 Å². The molecule has 3 aromatic heterocycles. The number of fused-ring (bicyclic) bond motifs is 2. The first kappa shape index (κ1) is 20.4. The van der Waals surface area contributed by atoms with Crippen LogP contribution in [0, 0.1) is 5.82 Å². The van der Waals surface area contributed by atoms with Crippen LogP contribution < -0.4 is 11.1 Å². The second kappa shape index (κ2) is 7.90. The molecule has 166 valence electrons. The van der Waals surface area contributed by atoms with E-state index in [1.54, 1.807) is 16.8 Å². The van der Waals surface area contributed by atoms with E-state index in [4.69, 9.17) is 10.7 Å². The van der Waals surface area contributed by atoms with Crippen LogP contribution in [0.1, 0.15) is 31.5 Å². The Bertz CT molecular complexity index is 1320. The number of nitrogens with two attached hydrogens (primary N) is 1. The van der Waals surface area contributed by atoms with E-state index in [0.717, 1.165) is 37.1 Å². The number of nitrogens with one attached hydrogen (secondary N) is 1. The van der Waals surface area contributed by atoms with Gasteiger partial charge < -0.3 is 15.6 Å². The van der Waals surface area contributed by atoms with Gasteiger partial charge in [-0.3, -0.25) is 14.1 Å². The zero-order valence-corrected chi connectivity index (χ0v) is 18.2. The summed E-state index contributed by atoms with van der Waals surface area (Å²) in [5, 5.41) is 3.70. The van der Waals surface area contributed by atoms with Crippen LogP contribution in [0.15, 0.2) is 36.8 Å². The van der Waals surface area contributed by atoms with Gasteiger partial charge in [-0.25, -0.2) is 14.4 Å². The normalized spacial score (nSPS) is 15.6. The first-order valence-electron chi connectivity index (χ1n) is 10.8. The fraction of sp³-hybridized carbons (Fsp3) is 0.348. The number of likely N-dealkylation sites (tertiary alicyclic amines) is 1. The third-order valence-electron chi connectivity index (χ3n) is 6.35.